The minimum absolute atomic E-state index is 0.112. The molecule has 0 atom stereocenters. The summed E-state index contributed by atoms with van der Waals surface area (Å²) in [5, 5.41) is 0. The van der Waals surface area contributed by atoms with Crippen LogP contribution in [0.25, 0.3) is 6.08 Å². The van der Waals surface area contributed by atoms with Crippen LogP contribution in [0.15, 0.2) is 35.9 Å². The van der Waals surface area contributed by atoms with Crippen LogP contribution in [0.1, 0.15) is 29.8 Å². The number of ether oxygens (including phenoxy) is 4. The van der Waals surface area contributed by atoms with Gasteiger partial charge in [-0.3, -0.25) is 4.79 Å². The second-order valence-corrected chi connectivity index (χ2v) is 6.09. The summed E-state index contributed by atoms with van der Waals surface area (Å²) in [6.45, 7) is 5.12. The number of nitrogens with two attached hydrogens (primary N) is 1. The predicted octanol–water partition coefficient (Wildman–Crippen LogP) is 3.73. The first-order valence-corrected chi connectivity index (χ1v) is 8.76. The topological polar surface area (TPSA) is 80.0 Å². The lowest BCUT2D eigenvalue weighted by atomic mass is 10.0. The number of Topliss-reactive ketones (excluding diaryl/α,β-unsaturated/α-hetero) is 1. The highest BCUT2D eigenvalue weighted by Crippen LogP contribution is 2.41. The smallest absolute Gasteiger partial charge is 0.203 e. The lowest BCUT2D eigenvalue weighted by Gasteiger charge is -2.21. The Hall–Kier alpha value is -3.15. The molecule has 6 heteroatoms. The fourth-order valence-electron chi connectivity index (χ4n) is 2.90. The number of hydrogen-bond acceptors (Lipinski definition) is 6. The van der Waals surface area contributed by atoms with Gasteiger partial charge in [-0.25, -0.2) is 0 Å². The highest BCUT2D eigenvalue weighted by atomic mass is 16.6. The van der Waals surface area contributed by atoms with Gasteiger partial charge >= 0.3 is 0 Å². The molecule has 27 heavy (non-hydrogen) atoms. The number of nitrogen functional groups attached to an aromatic ring is 1. The van der Waals surface area contributed by atoms with Gasteiger partial charge in [0.15, 0.2) is 17.3 Å². The second-order valence-electron chi connectivity index (χ2n) is 6.09. The zero-order chi connectivity index (χ0) is 19.4. The second kappa shape index (κ2) is 8.03. The molecule has 3 rings (SSSR count). The standard InChI is InChI=1S/C21H23NO5/c1-4-25-17-6-5-15(12-16(17)22)20(23)13(2)9-14-10-18(24-3)21-19(11-14)26-7-8-27-21/h5-6,9-12H,4,7-8,22H2,1-3H3. The highest BCUT2D eigenvalue weighted by Gasteiger charge is 2.18. The summed E-state index contributed by atoms with van der Waals surface area (Å²) >= 11 is 0. The van der Waals surface area contributed by atoms with Crippen LogP contribution in [0, 0.1) is 0 Å². The van der Waals surface area contributed by atoms with Crippen LogP contribution in [0.3, 0.4) is 0 Å². The number of rotatable bonds is 6. The average Bonchev–Trinajstić information content (AvgIpc) is 2.68. The number of ketones is 1. The fraction of sp³-hybridized carbons (Fsp3) is 0.286. The molecule has 0 saturated heterocycles. The predicted molar refractivity (Wildman–Crippen MR) is 104 cm³/mol. The van der Waals surface area contributed by atoms with Crippen molar-refractivity contribution in [3.63, 3.8) is 0 Å². The minimum Gasteiger partial charge on any atom is -0.493 e. The van der Waals surface area contributed by atoms with E-state index in [1.165, 1.54) is 0 Å². The first-order chi connectivity index (χ1) is 13.0. The van der Waals surface area contributed by atoms with Gasteiger partial charge in [-0.2, -0.15) is 0 Å². The quantitative estimate of drug-likeness (QED) is 0.475. The van der Waals surface area contributed by atoms with E-state index in [0.717, 1.165) is 5.56 Å². The zero-order valence-corrected chi connectivity index (χ0v) is 15.7. The average molecular weight is 369 g/mol. The van der Waals surface area contributed by atoms with Crippen molar-refractivity contribution >= 4 is 17.5 Å². The molecule has 0 radical (unpaired) electrons. The number of allylic oxidation sites excluding steroid dienone is 1. The van der Waals surface area contributed by atoms with Crippen molar-refractivity contribution in [2.45, 2.75) is 13.8 Å². The van der Waals surface area contributed by atoms with E-state index in [2.05, 4.69) is 0 Å². The number of hydrogen-bond donors (Lipinski definition) is 1. The third-order valence-corrected chi connectivity index (χ3v) is 4.16. The SMILES string of the molecule is CCOc1ccc(C(=O)C(C)=Cc2cc(OC)c3c(c2)OCCO3)cc1N. The molecule has 0 amide bonds. The molecule has 0 aromatic heterocycles. The molecule has 0 unspecified atom stereocenters. The van der Waals surface area contributed by atoms with E-state index in [0.29, 0.717) is 59.6 Å². The van der Waals surface area contributed by atoms with Gasteiger partial charge in [0.2, 0.25) is 5.75 Å². The molecule has 2 aromatic rings. The molecule has 142 valence electrons. The van der Waals surface area contributed by atoms with Crippen molar-refractivity contribution in [3.8, 4) is 23.0 Å². The molecular formula is C21H23NO5. The van der Waals surface area contributed by atoms with Crippen molar-refractivity contribution in [3.05, 3.63) is 47.0 Å². The van der Waals surface area contributed by atoms with Crippen molar-refractivity contribution < 1.29 is 23.7 Å². The molecule has 6 nitrogen and oxygen atoms in total. The zero-order valence-electron chi connectivity index (χ0n) is 15.7. The van der Waals surface area contributed by atoms with Gasteiger partial charge in [0.25, 0.3) is 0 Å². The van der Waals surface area contributed by atoms with Crippen LogP contribution in [-0.2, 0) is 0 Å². The number of carbonyl (C=O) groups is 1. The van der Waals surface area contributed by atoms with Gasteiger partial charge in [-0.15, -0.1) is 0 Å². The van der Waals surface area contributed by atoms with Gasteiger partial charge in [0.05, 0.1) is 19.4 Å². The van der Waals surface area contributed by atoms with Crippen molar-refractivity contribution in [2.75, 3.05) is 32.7 Å². The highest BCUT2D eigenvalue weighted by molar-refractivity contribution is 6.11. The Bertz CT molecular complexity index is 871. The summed E-state index contributed by atoms with van der Waals surface area (Å²) < 4.78 is 22.0. The molecule has 2 aromatic carbocycles. The van der Waals surface area contributed by atoms with E-state index in [-0.39, 0.29) is 5.78 Å². The normalized spacial score (nSPS) is 13.2. The van der Waals surface area contributed by atoms with Crippen LogP contribution >= 0.6 is 0 Å². The van der Waals surface area contributed by atoms with Gasteiger partial charge in [-0.1, -0.05) is 0 Å². The number of benzene rings is 2. The minimum atomic E-state index is -0.112. The summed E-state index contributed by atoms with van der Waals surface area (Å²) in [6, 6.07) is 8.71. The molecule has 0 fully saturated rings. The van der Waals surface area contributed by atoms with Gasteiger partial charge in [0, 0.05) is 5.56 Å². The number of methoxy groups -OCH3 is 1. The third kappa shape index (κ3) is 4.00. The Morgan fingerprint density at radius 3 is 2.67 bits per heavy atom. The monoisotopic (exact) mass is 369 g/mol. The van der Waals surface area contributed by atoms with E-state index < -0.39 is 0 Å². The first kappa shape index (κ1) is 18.6. The van der Waals surface area contributed by atoms with E-state index in [1.807, 2.05) is 19.1 Å². The Morgan fingerprint density at radius 2 is 1.96 bits per heavy atom. The Balaban J connectivity index is 1.89. The van der Waals surface area contributed by atoms with Crippen molar-refractivity contribution in [1.29, 1.82) is 0 Å². The van der Waals surface area contributed by atoms with Crippen LogP contribution in [-0.4, -0.2) is 32.7 Å². The summed E-state index contributed by atoms with van der Waals surface area (Å²) in [6.07, 6.45) is 1.79. The summed E-state index contributed by atoms with van der Waals surface area (Å²) in [5.74, 6) is 2.23. The molecule has 1 heterocycles. The molecule has 0 saturated carbocycles. The van der Waals surface area contributed by atoms with E-state index in [9.17, 15) is 4.79 Å². The first-order valence-electron chi connectivity index (χ1n) is 8.76. The molecule has 1 aliphatic rings. The van der Waals surface area contributed by atoms with Crippen LogP contribution in [0.4, 0.5) is 5.69 Å². The Morgan fingerprint density at radius 1 is 1.19 bits per heavy atom. The lowest BCUT2D eigenvalue weighted by Crippen LogP contribution is -2.16. The maximum absolute atomic E-state index is 12.8. The van der Waals surface area contributed by atoms with Gasteiger partial charge < -0.3 is 24.7 Å². The van der Waals surface area contributed by atoms with Crippen molar-refractivity contribution in [1.82, 2.24) is 0 Å². The Labute approximate surface area is 158 Å². The number of fused-ring (bicyclic) bond motifs is 1. The molecule has 0 aliphatic carbocycles. The maximum Gasteiger partial charge on any atom is 0.203 e. The fourth-order valence-corrected chi connectivity index (χ4v) is 2.90. The third-order valence-electron chi connectivity index (χ3n) is 4.16. The summed E-state index contributed by atoms with van der Waals surface area (Å²) in [5.41, 5.74) is 8.28. The maximum atomic E-state index is 12.8. The molecule has 2 N–H and O–H groups in total. The molecule has 0 spiro atoms. The van der Waals surface area contributed by atoms with Crippen molar-refractivity contribution in [2.24, 2.45) is 0 Å². The number of carbonyl (C=O) groups excluding carboxylic acids is 1. The summed E-state index contributed by atoms with van der Waals surface area (Å²) in [4.78, 5) is 12.8. The van der Waals surface area contributed by atoms with E-state index >= 15 is 0 Å². The molecular weight excluding hydrogens is 346 g/mol. The Kier molecular flexibility index (Phi) is 5.54. The molecule has 0 bridgehead atoms. The number of anilines is 1. The largest absolute Gasteiger partial charge is 0.493 e. The van der Waals surface area contributed by atoms with Crippen LogP contribution in [0.2, 0.25) is 0 Å². The van der Waals surface area contributed by atoms with E-state index in [4.69, 9.17) is 24.7 Å². The van der Waals surface area contributed by atoms with Crippen LogP contribution < -0.4 is 24.7 Å². The summed E-state index contributed by atoms with van der Waals surface area (Å²) in [7, 11) is 1.57. The molecule has 1 aliphatic heterocycles. The van der Waals surface area contributed by atoms with Crippen LogP contribution in [0.5, 0.6) is 23.0 Å². The van der Waals surface area contributed by atoms with Gasteiger partial charge in [0.1, 0.15) is 19.0 Å². The lowest BCUT2D eigenvalue weighted by molar-refractivity contribution is 0.103. The van der Waals surface area contributed by atoms with Gasteiger partial charge in [-0.05, 0) is 61.4 Å². The van der Waals surface area contributed by atoms with E-state index in [1.54, 1.807) is 38.3 Å².